The maximum absolute atomic E-state index is 11.4. The van der Waals surface area contributed by atoms with Crippen molar-refractivity contribution in [2.24, 2.45) is 5.41 Å². The number of anilines is 1. The van der Waals surface area contributed by atoms with Crippen LogP contribution in [0.5, 0.6) is 6.01 Å². The summed E-state index contributed by atoms with van der Waals surface area (Å²) in [7, 11) is 1.42. The van der Waals surface area contributed by atoms with Gasteiger partial charge in [0.2, 0.25) is 11.2 Å². The average Bonchev–Trinajstić information content (AvgIpc) is 2.71. The van der Waals surface area contributed by atoms with Crippen molar-refractivity contribution in [3.05, 3.63) is 5.28 Å². The minimum Gasteiger partial charge on any atom is -0.481 e. The van der Waals surface area contributed by atoms with E-state index in [2.05, 4.69) is 20.3 Å². The molecule has 0 aromatic carbocycles. The lowest BCUT2D eigenvalue weighted by Crippen LogP contribution is -2.40. The summed E-state index contributed by atoms with van der Waals surface area (Å²) >= 11 is 5.75. The van der Waals surface area contributed by atoms with Gasteiger partial charge < -0.3 is 15.2 Å². The van der Waals surface area contributed by atoms with E-state index in [0.717, 1.165) is 12.8 Å². The van der Waals surface area contributed by atoms with Gasteiger partial charge in [0.25, 0.3) is 0 Å². The van der Waals surface area contributed by atoms with Crippen LogP contribution in [0.4, 0.5) is 5.95 Å². The number of aromatic nitrogens is 3. The molecular weight excluding hydrogens is 272 g/mol. The zero-order valence-corrected chi connectivity index (χ0v) is 11.4. The fraction of sp³-hybridized carbons (Fsp3) is 0.636. The fourth-order valence-corrected chi connectivity index (χ4v) is 2.45. The first-order valence-electron chi connectivity index (χ1n) is 5.91. The highest BCUT2D eigenvalue weighted by molar-refractivity contribution is 6.28. The Balaban J connectivity index is 2.21. The maximum atomic E-state index is 11.4. The molecule has 1 saturated carbocycles. The molecule has 8 heteroatoms. The molecule has 1 heterocycles. The Hall–Kier alpha value is -1.63. The third-order valence-corrected chi connectivity index (χ3v) is 3.69. The van der Waals surface area contributed by atoms with Gasteiger partial charge >= 0.3 is 12.0 Å². The van der Waals surface area contributed by atoms with Gasteiger partial charge in [-0.2, -0.15) is 15.0 Å². The number of carbonyl (C=O) groups is 1. The Kier molecular flexibility index (Phi) is 3.75. The largest absolute Gasteiger partial charge is 0.481 e. The summed E-state index contributed by atoms with van der Waals surface area (Å²) in [5.41, 5.74) is -0.827. The Morgan fingerprint density at radius 2 is 2.26 bits per heavy atom. The van der Waals surface area contributed by atoms with E-state index in [4.69, 9.17) is 16.3 Å². The summed E-state index contributed by atoms with van der Waals surface area (Å²) in [5, 5.41) is 12.4. The Bertz CT molecular complexity index is 499. The first kappa shape index (κ1) is 13.8. The van der Waals surface area contributed by atoms with E-state index < -0.39 is 11.4 Å². The van der Waals surface area contributed by atoms with E-state index in [1.165, 1.54) is 7.11 Å². The lowest BCUT2D eigenvalue weighted by atomic mass is 9.85. The second-order valence-corrected chi connectivity index (χ2v) is 5.06. The third kappa shape index (κ3) is 2.70. The van der Waals surface area contributed by atoms with Crippen molar-refractivity contribution in [1.82, 2.24) is 15.0 Å². The molecule has 2 rings (SSSR count). The summed E-state index contributed by atoms with van der Waals surface area (Å²) in [6, 6.07) is -0.148. The van der Waals surface area contributed by atoms with Crippen molar-refractivity contribution < 1.29 is 14.6 Å². The number of carboxylic acid groups (broad SMARTS) is 1. The van der Waals surface area contributed by atoms with Crippen LogP contribution in [0.25, 0.3) is 0 Å². The van der Waals surface area contributed by atoms with Crippen molar-refractivity contribution in [3.8, 4) is 6.01 Å². The number of ether oxygens (including phenoxy) is 1. The zero-order chi connectivity index (χ0) is 14.0. The van der Waals surface area contributed by atoms with Gasteiger partial charge in [0.1, 0.15) is 0 Å². The number of nitrogens with zero attached hydrogens (tertiary/aromatic N) is 3. The van der Waals surface area contributed by atoms with E-state index in [0.29, 0.717) is 6.42 Å². The molecule has 104 valence electrons. The third-order valence-electron chi connectivity index (χ3n) is 3.52. The van der Waals surface area contributed by atoms with Crippen LogP contribution in [0, 0.1) is 5.41 Å². The van der Waals surface area contributed by atoms with Crippen molar-refractivity contribution in [2.75, 3.05) is 12.4 Å². The summed E-state index contributed by atoms with van der Waals surface area (Å²) in [4.78, 5) is 23.1. The summed E-state index contributed by atoms with van der Waals surface area (Å²) in [6.45, 7) is 1.72. The smallest absolute Gasteiger partial charge is 0.322 e. The monoisotopic (exact) mass is 286 g/mol. The minimum atomic E-state index is -0.827. The van der Waals surface area contributed by atoms with E-state index in [-0.39, 0.29) is 23.3 Å². The molecule has 1 aromatic rings. The minimum absolute atomic E-state index is 0.00405. The van der Waals surface area contributed by atoms with E-state index >= 15 is 0 Å². The van der Waals surface area contributed by atoms with Crippen LogP contribution < -0.4 is 10.1 Å². The zero-order valence-electron chi connectivity index (χ0n) is 10.7. The fourth-order valence-electron chi connectivity index (χ4n) is 2.30. The lowest BCUT2D eigenvalue weighted by Gasteiger charge is -2.27. The van der Waals surface area contributed by atoms with Crippen LogP contribution in [0.3, 0.4) is 0 Å². The van der Waals surface area contributed by atoms with Crippen molar-refractivity contribution >= 4 is 23.5 Å². The number of rotatable bonds is 4. The number of nitrogens with one attached hydrogen (secondary N) is 1. The van der Waals surface area contributed by atoms with Crippen LogP contribution in [0.2, 0.25) is 5.28 Å². The molecule has 1 fully saturated rings. The topological polar surface area (TPSA) is 97.2 Å². The van der Waals surface area contributed by atoms with Gasteiger partial charge in [-0.25, -0.2) is 0 Å². The number of halogens is 1. The molecule has 19 heavy (non-hydrogen) atoms. The molecule has 1 aliphatic carbocycles. The molecule has 0 saturated heterocycles. The van der Waals surface area contributed by atoms with Crippen molar-refractivity contribution in [2.45, 2.75) is 32.2 Å². The molecule has 0 radical (unpaired) electrons. The molecule has 1 aliphatic rings. The summed E-state index contributed by atoms with van der Waals surface area (Å²) in [6.07, 6.45) is 2.21. The van der Waals surface area contributed by atoms with Gasteiger partial charge in [-0.05, 0) is 31.4 Å². The Morgan fingerprint density at radius 1 is 1.53 bits per heavy atom. The van der Waals surface area contributed by atoms with E-state index in [1.54, 1.807) is 6.92 Å². The van der Waals surface area contributed by atoms with Gasteiger partial charge in [0.05, 0.1) is 12.5 Å². The molecule has 0 amide bonds. The van der Waals surface area contributed by atoms with Gasteiger partial charge in [0.15, 0.2) is 0 Å². The summed E-state index contributed by atoms with van der Waals surface area (Å²) in [5.74, 6) is -0.592. The van der Waals surface area contributed by atoms with Crippen LogP contribution in [-0.2, 0) is 4.79 Å². The second-order valence-electron chi connectivity index (χ2n) is 4.73. The van der Waals surface area contributed by atoms with Crippen LogP contribution in [0.1, 0.15) is 26.2 Å². The first-order valence-corrected chi connectivity index (χ1v) is 6.29. The number of aliphatic carboxylic acids is 1. The molecular formula is C11H15ClN4O3. The molecule has 0 bridgehead atoms. The highest BCUT2D eigenvalue weighted by Crippen LogP contribution is 2.39. The quantitative estimate of drug-likeness (QED) is 0.867. The molecule has 0 spiro atoms. The van der Waals surface area contributed by atoms with Crippen molar-refractivity contribution in [1.29, 1.82) is 0 Å². The molecule has 2 atom stereocenters. The molecule has 0 aliphatic heterocycles. The number of hydrogen-bond acceptors (Lipinski definition) is 6. The Morgan fingerprint density at radius 3 is 2.89 bits per heavy atom. The predicted molar refractivity (Wildman–Crippen MR) is 68.4 cm³/mol. The SMILES string of the molecule is COc1nc(Cl)nc(NC2CCCC2(C)C(=O)O)n1. The lowest BCUT2D eigenvalue weighted by molar-refractivity contribution is -0.147. The first-order chi connectivity index (χ1) is 8.95. The van der Waals surface area contributed by atoms with Crippen LogP contribution >= 0.6 is 11.6 Å². The maximum Gasteiger partial charge on any atom is 0.322 e. The number of hydrogen-bond donors (Lipinski definition) is 2. The van der Waals surface area contributed by atoms with Crippen molar-refractivity contribution in [3.63, 3.8) is 0 Å². The average molecular weight is 287 g/mol. The van der Waals surface area contributed by atoms with E-state index in [9.17, 15) is 9.90 Å². The summed E-state index contributed by atoms with van der Waals surface area (Å²) < 4.78 is 4.90. The number of methoxy groups -OCH3 is 1. The predicted octanol–water partition coefficient (Wildman–Crippen LogP) is 1.59. The van der Waals surface area contributed by atoms with Gasteiger partial charge in [-0.1, -0.05) is 6.42 Å². The molecule has 2 unspecified atom stereocenters. The highest BCUT2D eigenvalue weighted by atomic mass is 35.5. The molecule has 7 nitrogen and oxygen atoms in total. The Labute approximate surface area is 115 Å². The van der Waals surface area contributed by atoms with Gasteiger partial charge in [-0.15, -0.1) is 0 Å². The van der Waals surface area contributed by atoms with E-state index in [1.807, 2.05) is 0 Å². The number of carboxylic acids is 1. The standard InChI is InChI=1S/C11H15ClN4O3/c1-11(7(17)18)5-3-4-6(11)13-9-14-8(12)15-10(16-9)19-2/h6H,3-5H2,1-2H3,(H,17,18)(H,13,14,15,16). The van der Waals surface area contributed by atoms with Gasteiger partial charge in [0, 0.05) is 6.04 Å². The van der Waals surface area contributed by atoms with Gasteiger partial charge in [-0.3, -0.25) is 4.79 Å². The molecule has 1 aromatic heterocycles. The van der Waals surface area contributed by atoms with Crippen LogP contribution in [-0.4, -0.2) is 39.2 Å². The van der Waals surface area contributed by atoms with Crippen LogP contribution in [0.15, 0.2) is 0 Å². The highest BCUT2D eigenvalue weighted by Gasteiger charge is 2.45. The second kappa shape index (κ2) is 5.16. The normalized spacial score (nSPS) is 26.2. The molecule has 2 N–H and O–H groups in total.